The third kappa shape index (κ3) is 4.53. The van der Waals surface area contributed by atoms with Crippen molar-refractivity contribution >= 4 is 39.8 Å². The number of carbonyl (C=O) groups is 3. The topological polar surface area (TPSA) is 118 Å². The molecule has 0 saturated heterocycles. The average molecular weight is 412 g/mol. The minimum atomic E-state index is -1.03. The Morgan fingerprint density at radius 3 is 2.00 bits per heavy atom. The first kappa shape index (κ1) is 21.2. The molecule has 8 nitrogen and oxygen atoms in total. The molecule has 1 amide bonds. The van der Waals surface area contributed by atoms with Gasteiger partial charge in [-0.1, -0.05) is 25.5 Å². The van der Waals surface area contributed by atoms with Gasteiger partial charge in [0.1, 0.15) is 0 Å². The normalized spacial score (nSPS) is 11.0. The molecular weight excluding hydrogens is 388 g/mol. The third-order valence-corrected chi connectivity index (χ3v) is 4.92. The predicted octanol–water partition coefficient (Wildman–Crippen LogP) is 4.11. The van der Waals surface area contributed by atoms with Gasteiger partial charge >= 0.3 is 18.0 Å². The lowest BCUT2D eigenvalue weighted by Gasteiger charge is -2.10. The fourth-order valence-electron chi connectivity index (χ4n) is 3.39. The van der Waals surface area contributed by atoms with Crippen molar-refractivity contribution in [3.63, 3.8) is 0 Å². The van der Waals surface area contributed by atoms with E-state index in [1.54, 1.807) is 24.3 Å². The molecule has 3 aromatic rings. The summed E-state index contributed by atoms with van der Waals surface area (Å²) in [7, 11) is 0. The Labute approximate surface area is 173 Å². The number of carboxylic acids is 2. The van der Waals surface area contributed by atoms with E-state index < -0.39 is 18.0 Å². The molecule has 8 heteroatoms. The molecule has 0 aliphatic carbocycles. The molecular formula is C22H24N2O6. The molecule has 1 heterocycles. The number of ether oxygens (including phenoxy) is 1. The average Bonchev–Trinajstić information content (AvgIpc) is 3.03. The Balaban J connectivity index is 1.87. The van der Waals surface area contributed by atoms with Crippen LogP contribution in [0.5, 0.6) is 0 Å². The van der Waals surface area contributed by atoms with E-state index in [1.165, 1.54) is 12.1 Å². The van der Waals surface area contributed by atoms with Gasteiger partial charge in [0, 0.05) is 34.9 Å². The van der Waals surface area contributed by atoms with Crippen LogP contribution in [0.1, 0.15) is 46.9 Å². The predicted molar refractivity (Wildman–Crippen MR) is 112 cm³/mol. The summed E-state index contributed by atoms with van der Waals surface area (Å²) in [6.45, 7) is 3.24. The molecule has 30 heavy (non-hydrogen) atoms. The van der Waals surface area contributed by atoms with Crippen molar-refractivity contribution in [2.45, 2.75) is 32.7 Å². The molecule has 0 saturated carbocycles. The number of benzene rings is 2. The van der Waals surface area contributed by atoms with Crippen molar-refractivity contribution in [3.05, 3.63) is 47.5 Å². The van der Waals surface area contributed by atoms with Crippen LogP contribution >= 0.6 is 0 Å². The summed E-state index contributed by atoms with van der Waals surface area (Å²) in [5.41, 5.74) is 1.72. The second-order valence-electron chi connectivity index (χ2n) is 7.00. The number of amides is 1. The molecule has 2 aromatic carbocycles. The minimum Gasteiger partial charge on any atom is -0.478 e. The van der Waals surface area contributed by atoms with Gasteiger partial charge in [0.25, 0.3) is 0 Å². The quantitative estimate of drug-likeness (QED) is 0.455. The van der Waals surface area contributed by atoms with Gasteiger partial charge in [-0.05, 0) is 37.1 Å². The maximum Gasteiger partial charge on any atom is 0.407 e. The number of unbranched alkanes of at least 4 members (excludes halogenated alkanes) is 1. The largest absolute Gasteiger partial charge is 0.478 e. The molecule has 158 valence electrons. The van der Waals surface area contributed by atoms with Gasteiger partial charge in [0.05, 0.1) is 17.7 Å². The van der Waals surface area contributed by atoms with Crippen LogP contribution in [0.15, 0.2) is 36.4 Å². The zero-order valence-corrected chi connectivity index (χ0v) is 16.7. The van der Waals surface area contributed by atoms with Crippen LogP contribution in [-0.4, -0.2) is 46.0 Å². The fourth-order valence-corrected chi connectivity index (χ4v) is 3.39. The number of hydrogen-bond donors (Lipinski definition) is 3. The minimum absolute atomic E-state index is 0.155. The van der Waals surface area contributed by atoms with Crippen LogP contribution in [0.2, 0.25) is 0 Å². The summed E-state index contributed by atoms with van der Waals surface area (Å²) in [6.07, 6.45) is 1.85. The van der Waals surface area contributed by atoms with Crippen LogP contribution < -0.4 is 5.32 Å². The van der Waals surface area contributed by atoms with Gasteiger partial charge in [-0.3, -0.25) is 0 Å². The van der Waals surface area contributed by atoms with E-state index in [9.17, 15) is 24.6 Å². The van der Waals surface area contributed by atoms with Crippen LogP contribution in [-0.2, 0) is 11.3 Å². The molecule has 0 radical (unpaired) electrons. The number of alkyl carbamates (subject to hydrolysis) is 1. The third-order valence-electron chi connectivity index (χ3n) is 4.92. The van der Waals surface area contributed by atoms with Gasteiger partial charge in [-0.15, -0.1) is 0 Å². The molecule has 0 spiro atoms. The summed E-state index contributed by atoms with van der Waals surface area (Å²) in [6, 6.07) is 9.72. The summed E-state index contributed by atoms with van der Waals surface area (Å²) >= 11 is 0. The summed E-state index contributed by atoms with van der Waals surface area (Å²) < 4.78 is 6.95. The number of carboxylic acid groups (broad SMARTS) is 2. The Kier molecular flexibility index (Phi) is 6.56. The second kappa shape index (κ2) is 9.30. The summed E-state index contributed by atoms with van der Waals surface area (Å²) in [4.78, 5) is 34.5. The summed E-state index contributed by atoms with van der Waals surface area (Å²) in [5.74, 6) is -2.06. The van der Waals surface area contributed by atoms with E-state index in [0.717, 1.165) is 23.6 Å². The maximum absolute atomic E-state index is 11.7. The van der Waals surface area contributed by atoms with Crippen molar-refractivity contribution in [2.24, 2.45) is 0 Å². The number of aryl methyl sites for hydroxylation is 1. The number of hydrogen-bond acceptors (Lipinski definition) is 4. The zero-order valence-electron chi connectivity index (χ0n) is 16.7. The molecule has 1 aromatic heterocycles. The fraction of sp³-hybridized carbons (Fsp3) is 0.318. The summed E-state index contributed by atoms with van der Waals surface area (Å²) in [5, 5.41) is 23.1. The standard InChI is InChI=1S/C22H24N2O6/c1-2-3-11-30-22(29)23-9-4-10-24-18-12-14(20(25)26)5-7-16(18)17-8-6-15(21(27)28)13-19(17)24/h5-8,12-13H,2-4,9-11H2,1H3,(H,23,29)(H,25,26)(H,27,28). The highest BCUT2D eigenvalue weighted by molar-refractivity contribution is 6.11. The zero-order chi connectivity index (χ0) is 21.7. The highest BCUT2D eigenvalue weighted by atomic mass is 16.5. The lowest BCUT2D eigenvalue weighted by atomic mass is 10.1. The lowest BCUT2D eigenvalue weighted by Crippen LogP contribution is -2.26. The molecule has 0 aliphatic heterocycles. The number of rotatable bonds is 9. The van der Waals surface area contributed by atoms with Crippen molar-refractivity contribution < 1.29 is 29.3 Å². The smallest absolute Gasteiger partial charge is 0.407 e. The number of aromatic nitrogens is 1. The number of carbonyl (C=O) groups excluding carboxylic acids is 1. The highest BCUT2D eigenvalue weighted by Gasteiger charge is 2.15. The van der Waals surface area contributed by atoms with Crippen LogP contribution in [0.25, 0.3) is 21.8 Å². The monoisotopic (exact) mass is 412 g/mol. The molecule has 3 N–H and O–H groups in total. The van der Waals surface area contributed by atoms with E-state index >= 15 is 0 Å². The van der Waals surface area contributed by atoms with Gasteiger partial charge in [-0.2, -0.15) is 0 Å². The van der Waals surface area contributed by atoms with E-state index in [2.05, 4.69) is 5.32 Å². The molecule has 0 atom stereocenters. The second-order valence-corrected chi connectivity index (χ2v) is 7.00. The maximum atomic E-state index is 11.7. The van der Waals surface area contributed by atoms with Crippen molar-refractivity contribution in [1.29, 1.82) is 0 Å². The van der Waals surface area contributed by atoms with E-state index in [0.29, 0.717) is 37.2 Å². The van der Waals surface area contributed by atoms with Crippen LogP contribution in [0.4, 0.5) is 4.79 Å². The Hall–Kier alpha value is -3.55. The van der Waals surface area contributed by atoms with Gasteiger partial charge in [-0.25, -0.2) is 14.4 Å². The number of nitrogens with zero attached hydrogens (tertiary/aromatic N) is 1. The van der Waals surface area contributed by atoms with E-state index in [1.807, 2.05) is 11.5 Å². The molecule has 3 rings (SSSR count). The number of nitrogens with one attached hydrogen (secondary N) is 1. The van der Waals surface area contributed by atoms with Crippen molar-refractivity contribution in [3.8, 4) is 0 Å². The Bertz CT molecular complexity index is 1030. The molecule has 0 fully saturated rings. The van der Waals surface area contributed by atoms with Gasteiger partial charge in [0.15, 0.2) is 0 Å². The molecule has 0 unspecified atom stereocenters. The Morgan fingerprint density at radius 2 is 1.50 bits per heavy atom. The van der Waals surface area contributed by atoms with Crippen molar-refractivity contribution in [1.82, 2.24) is 9.88 Å². The number of aromatic carboxylic acids is 2. The van der Waals surface area contributed by atoms with E-state index in [4.69, 9.17) is 4.74 Å². The lowest BCUT2D eigenvalue weighted by molar-refractivity contribution is 0.0686. The first-order chi connectivity index (χ1) is 14.4. The molecule has 0 aliphatic rings. The van der Waals surface area contributed by atoms with Gasteiger partial charge in [0.2, 0.25) is 0 Å². The van der Waals surface area contributed by atoms with E-state index in [-0.39, 0.29) is 11.1 Å². The van der Waals surface area contributed by atoms with Gasteiger partial charge < -0.3 is 24.8 Å². The number of fused-ring (bicyclic) bond motifs is 3. The molecule has 0 bridgehead atoms. The SMILES string of the molecule is CCCCOC(=O)NCCCn1c2cc(C(=O)O)ccc2c2ccc(C(=O)O)cc21. The van der Waals surface area contributed by atoms with Crippen LogP contribution in [0, 0.1) is 0 Å². The first-order valence-corrected chi connectivity index (χ1v) is 9.85. The van der Waals surface area contributed by atoms with Crippen molar-refractivity contribution in [2.75, 3.05) is 13.2 Å². The highest BCUT2D eigenvalue weighted by Crippen LogP contribution is 2.31. The Morgan fingerprint density at radius 1 is 0.933 bits per heavy atom. The van der Waals surface area contributed by atoms with Crippen LogP contribution in [0.3, 0.4) is 0 Å². The first-order valence-electron chi connectivity index (χ1n) is 9.85.